The summed E-state index contributed by atoms with van der Waals surface area (Å²) in [5.74, 6) is -1.04. The molecule has 2 aliphatic rings. The molecule has 0 bridgehead atoms. The molecule has 1 fully saturated rings. The van der Waals surface area contributed by atoms with Crippen molar-refractivity contribution in [1.82, 2.24) is 0 Å². The van der Waals surface area contributed by atoms with Gasteiger partial charge in [-0.2, -0.15) is 17.6 Å². The molecule has 1 aromatic rings. The maximum atomic E-state index is 14.5. The summed E-state index contributed by atoms with van der Waals surface area (Å²) >= 11 is 0. The van der Waals surface area contributed by atoms with Gasteiger partial charge in [-0.1, -0.05) is 38.7 Å². The highest BCUT2D eigenvalue weighted by molar-refractivity contribution is 5.67. The molecule has 0 N–H and O–H groups in total. The second kappa shape index (κ2) is 9.48. The Morgan fingerprint density at radius 3 is 2.28 bits per heavy atom. The zero-order valence-electron chi connectivity index (χ0n) is 16.8. The highest BCUT2D eigenvalue weighted by Gasteiger charge is 2.31. The van der Waals surface area contributed by atoms with Gasteiger partial charge >= 0.3 is 6.18 Å². The molecule has 1 nitrogen and oxygen atoms in total. The van der Waals surface area contributed by atoms with Crippen LogP contribution in [-0.4, -0.2) is 12.8 Å². The Hall–Kier alpha value is -1.59. The van der Waals surface area contributed by atoms with Crippen molar-refractivity contribution in [3.8, 4) is 5.75 Å². The molecule has 0 aliphatic heterocycles. The van der Waals surface area contributed by atoms with E-state index in [0.717, 1.165) is 30.4 Å². The predicted octanol–water partition coefficient (Wildman–Crippen LogP) is 7.70. The van der Waals surface area contributed by atoms with Crippen molar-refractivity contribution in [1.29, 1.82) is 0 Å². The van der Waals surface area contributed by atoms with Crippen molar-refractivity contribution in [2.75, 3.05) is 6.61 Å². The van der Waals surface area contributed by atoms with Crippen molar-refractivity contribution >= 4 is 5.57 Å². The molecule has 1 aromatic carbocycles. The molecule has 6 heteroatoms. The van der Waals surface area contributed by atoms with E-state index in [-0.39, 0.29) is 5.56 Å². The lowest BCUT2D eigenvalue weighted by Crippen LogP contribution is -2.23. The minimum Gasteiger partial charge on any atom is -0.481 e. The average Bonchev–Trinajstić information content (AvgIpc) is 2.70. The van der Waals surface area contributed by atoms with Gasteiger partial charge in [0.1, 0.15) is 0 Å². The van der Waals surface area contributed by atoms with Gasteiger partial charge in [-0.15, -0.1) is 0 Å². The molecular weight excluding hydrogens is 387 g/mol. The van der Waals surface area contributed by atoms with Crippen LogP contribution in [0.5, 0.6) is 5.75 Å². The summed E-state index contributed by atoms with van der Waals surface area (Å²) in [5, 5.41) is 0. The number of halogens is 5. The number of allylic oxidation sites excluding steroid dienone is 2. The summed E-state index contributed by atoms with van der Waals surface area (Å²) in [4.78, 5) is 0. The molecular formula is C23H29F5O. The van der Waals surface area contributed by atoms with Gasteiger partial charge in [0.15, 0.2) is 18.2 Å². The first-order valence-corrected chi connectivity index (χ1v) is 10.7. The van der Waals surface area contributed by atoms with Crippen LogP contribution >= 0.6 is 0 Å². The third-order valence-corrected chi connectivity index (χ3v) is 6.49. The van der Waals surface area contributed by atoms with Gasteiger partial charge in [0.2, 0.25) is 5.82 Å². The third kappa shape index (κ3) is 5.73. The Bertz CT molecular complexity index is 717. The Morgan fingerprint density at radius 1 is 0.966 bits per heavy atom. The fraction of sp³-hybridized carbons (Fsp3) is 0.652. The van der Waals surface area contributed by atoms with Crippen molar-refractivity contribution in [2.45, 2.75) is 70.9 Å². The Labute approximate surface area is 169 Å². The Balaban J connectivity index is 1.61. The highest BCUT2D eigenvalue weighted by atomic mass is 19.4. The Kier molecular flexibility index (Phi) is 7.23. The molecule has 0 heterocycles. The quantitative estimate of drug-likeness (QED) is 0.432. The maximum absolute atomic E-state index is 14.5. The summed E-state index contributed by atoms with van der Waals surface area (Å²) in [5.41, 5.74) is 0.867. The molecule has 1 unspecified atom stereocenters. The summed E-state index contributed by atoms with van der Waals surface area (Å²) in [6.07, 6.45) is 7.52. The lowest BCUT2D eigenvalue weighted by Gasteiger charge is -2.35. The van der Waals surface area contributed by atoms with E-state index in [2.05, 4.69) is 11.7 Å². The number of ether oxygens (including phenoxy) is 1. The summed E-state index contributed by atoms with van der Waals surface area (Å²) in [6, 6.07) is 2.41. The SMILES string of the molecule is CCCC1CCC(C2CC=C(c3ccc(OCC(F)(F)F)c(F)c3F)CC2)CC1. The Morgan fingerprint density at radius 2 is 1.69 bits per heavy atom. The molecule has 1 atom stereocenters. The van der Waals surface area contributed by atoms with E-state index < -0.39 is 30.2 Å². The summed E-state index contributed by atoms with van der Waals surface area (Å²) < 4.78 is 69.7. The molecule has 0 aromatic heterocycles. The smallest absolute Gasteiger partial charge is 0.422 e. The van der Waals surface area contributed by atoms with E-state index in [4.69, 9.17) is 0 Å². The normalized spacial score (nSPS) is 25.6. The lowest BCUT2D eigenvalue weighted by atomic mass is 9.70. The summed E-state index contributed by atoms with van der Waals surface area (Å²) in [6.45, 7) is 0.587. The van der Waals surface area contributed by atoms with Crippen LogP contribution in [-0.2, 0) is 0 Å². The topological polar surface area (TPSA) is 9.23 Å². The minimum absolute atomic E-state index is 0.131. The van der Waals surface area contributed by atoms with Gasteiger partial charge in [0, 0.05) is 5.56 Å². The zero-order chi connectivity index (χ0) is 21.0. The molecule has 0 radical (unpaired) electrons. The van der Waals surface area contributed by atoms with E-state index in [9.17, 15) is 22.0 Å². The van der Waals surface area contributed by atoms with Crippen LogP contribution in [0.25, 0.3) is 5.57 Å². The minimum atomic E-state index is -4.60. The molecule has 29 heavy (non-hydrogen) atoms. The first-order valence-electron chi connectivity index (χ1n) is 10.7. The second-order valence-electron chi connectivity index (χ2n) is 8.48. The van der Waals surface area contributed by atoms with E-state index in [0.29, 0.717) is 18.3 Å². The monoisotopic (exact) mass is 416 g/mol. The van der Waals surface area contributed by atoms with Crippen LogP contribution in [0.2, 0.25) is 0 Å². The molecule has 0 saturated heterocycles. The largest absolute Gasteiger partial charge is 0.481 e. The van der Waals surface area contributed by atoms with Gasteiger partial charge in [-0.25, -0.2) is 4.39 Å². The van der Waals surface area contributed by atoms with E-state index in [1.807, 2.05) is 6.08 Å². The van der Waals surface area contributed by atoms with E-state index in [1.165, 1.54) is 44.6 Å². The van der Waals surface area contributed by atoms with Crippen LogP contribution in [0.3, 0.4) is 0 Å². The highest BCUT2D eigenvalue weighted by Crippen LogP contribution is 2.42. The number of hydrogen-bond acceptors (Lipinski definition) is 1. The van der Waals surface area contributed by atoms with Crippen molar-refractivity contribution in [3.05, 3.63) is 35.4 Å². The lowest BCUT2D eigenvalue weighted by molar-refractivity contribution is -0.153. The number of rotatable bonds is 6. The fourth-order valence-electron chi connectivity index (χ4n) is 4.93. The first kappa shape index (κ1) is 22.1. The number of alkyl halides is 3. The third-order valence-electron chi connectivity index (χ3n) is 6.49. The van der Waals surface area contributed by atoms with Gasteiger partial charge < -0.3 is 4.74 Å². The molecule has 162 valence electrons. The number of benzene rings is 1. The van der Waals surface area contributed by atoms with Crippen LogP contribution in [0, 0.1) is 29.4 Å². The second-order valence-corrected chi connectivity index (χ2v) is 8.48. The average molecular weight is 416 g/mol. The van der Waals surface area contributed by atoms with Gasteiger partial charge in [-0.05, 0) is 67.6 Å². The maximum Gasteiger partial charge on any atom is 0.422 e. The predicted molar refractivity (Wildman–Crippen MR) is 104 cm³/mol. The molecule has 1 saturated carbocycles. The molecule has 0 amide bonds. The molecule has 0 spiro atoms. The zero-order valence-corrected chi connectivity index (χ0v) is 16.8. The van der Waals surface area contributed by atoms with E-state index >= 15 is 0 Å². The van der Waals surface area contributed by atoms with Crippen molar-refractivity contribution < 1.29 is 26.7 Å². The first-order chi connectivity index (χ1) is 13.8. The summed E-state index contributed by atoms with van der Waals surface area (Å²) in [7, 11) is 0. The van der Waals surface area contributed by atoms with Crippen LogP contribution in [0.4, 0.5) is 22.0 Å². The van der Waals surface area contributed by atoms with Gasteiger partial charge in [-0.3, -0.25) is 0 Å². The molecule has 3 rings (SSSR count). The van der Waals surface area contributed by atoms with Gasteiger partial charge in [0.25, 0.3) is 0 Å². The standard InChI is InChI=1S/C23H29F5O/c1-2-3-15-4-6-16(7-5-15)17-8-10-18(11-9-17)19-12-13-20(22(25)21(19)24)29-14-23(26,27)28/h10,12-13,15-17H,2-9,11,14H2,1H3. The molecule has 2 aliphatic carbocycles. The van der Waals surface area contributed by atoms with Crippen LogP contribution in [0.1, 0.15) is 70.3 Å². The van der Waals surface area contributed by atoms with Crippen LogP contribution < -0.4 is 4.74 Å². The fourth-order valence-corrected chi connectivity index (χ4v) is 4.93. The van der Waals surface area contributed by atoms with Crippen molar-refractivity contribution in [3.63, 3.8) is 0 Å². The van der Waals surface area contributed by atoms with Crippen molar-refractivity contribution in [2.24, 2.45) is 17.8 Å². The number of hydrogen-bond donors (Lipinski definition) is 0. The van der Waals surface area contributed by atoms with E-state index in [1.54, 1.807) is 0 Å². The van der Waals surface area contributed by atoms with Crippen LogP contribution in [0.15, 0.2) is 18.2 Å². The van der Waals surface area contributed by atoms with Gasteiger partial charge in [0.05, 0.1) is 0 Å².